The number of nitrogens with zero attached hydrogens (tertiary/aromatic N) is 6. The number of hydrogen-bond donors (Lipinski definition) is 0. The molecule has 0 aliphatic carbocycles. The predicted octanol–water partition coefficient (Wildman–Crippen LogP) is 6.07. The van der Waals surface area contributed by atoms with Gasteiger partial charge in [0.2, 0.25) is 0 Å². The highest BCUT2D eigenvalue weighted by atomic mass is 15.4. The minimum atomic E-state index is 0.281. The maximum Gasteiger partial charge on any atom is 0.0212 e. The maximum atomic E-state index is 2.85. The Kier molecular flexibility index (Phi) is 10.6. The van der Waals surface area contributed by atoms with E-state index in [2.05, 4.69) is 112 Å². The smallest absolute Gasteiger partial charge is 0.0212 e. The summed E-state index contributed by atoms with van der Waals surface area (Å²) in [6.07, 6.45) is 5.33. The lowest BCUT2D eigenvalue weighted by atomic mass is 9.69. The monoisotopic (exact) mass is 629 g/mol. The molecule has 2 unspecified atom stereocenters. The molecule has 0 saturated carbocycles. The molecule has 45 heavy (non-hydrogen) atoms. The Morgan fingerprint density at radius 2 is 1.07 bits per heavy atom. The van der Waals surface area contributed by atoms with Gasteiger partial charge in [0, 0.05) is 107 Å². The average Bonchev–Trinajstić information content (AvgIpc) is 2.85. The van der Waals surface area contributed by atoms with Gasteiger partial charge in [-0.3, -0.25) is 19.6 Å². The molecule has 5 rings (SSSR count). The van der Waals surface area contributed by atoms with Crippen LogP contribution in [0.4, 0.5) is 0 Å². The minimum Gasteiger partial charge on any atom is -0.302 e. The molecule has 0 aromatic rings. The second-order valence-electron chi connectivity index (χ2n) is 20.6. The standard InChI is InChI=1S/C39H76N6/c1-31-23-40(25-35(3,4)5)17-13-33(31)42-19-21-44(22-20-42)38(11,12)16-15-37(9,10)26-41-18-14-34(32(2)24-41)43-27-39(28-43)29-45(30-39)36(6,7)8/h31-34H,13-30H2,1-12H3/t31-,32+,33?,34?/m0/s1. The Morgan fingerprint density at radius 3 is 1.56 bits per heavy atom. The van der Waals surface area contributed by atoms with Crippen molar-refractivity contribution < 1.29 is 0 Å². The molecule has 0 N–H and O–H groups in total. The zero-order chi connectivity index (χ0) is 33.0. The summed E-state index contributed by atoms with van der Waals surface area (Å²) in [5.41, 5.74) is 2.00. The van der Waals surface area contributed by atoms with Crippen molar-refractivity contribution in [2.75, 3.05) is 91.6 Å². The molecule has 0 radical (unpaired) electrons. The second kappa shape index (κ2) is 13.2. The number of hydrogen-bond acceptors (Lipinski definition) is 6. The zero-order valence-corrected chi connectivity index (χ0v) is 32.2. The Labute approximate surface area is 280 Å². The number of piperazine rings is 1. The van der Waals surface area contributed by atoms with Crippen LogP contribution in [-0.4, -0.2) is 144 Å². The van der Waals surface area contributed by atoms with Gasteiger partial charge < -0.3 is 9.80 Å². The predicted molar refractivity (Wildman–Crippen MR) is 193 cm³/mol. The first kappa shape index (κ1) is 36.1. The molecule has 5 heterocycles. The molecule has 1 spiro atoms. The van der Waals surface area contributed by atoms with Gasteiger partial charge in [0.25, 0.3) is 0 Å². The van der Waals surface area contributed by atoms with Crippen LogP contribution in [0, 0.1) is 28.1 Å². The highest BCUT2D eigenvalue weighted by Crippen LogP contribution is 2.45. The van der Waals surface area contributed by atoms with E-state index in [1.165, 1.54) is 117 Å². The molecule has 0 aromatic carbocycles. The van der Waals surface area contributed by atoms with E-state index >= 15 is 0 Å². The molecule has 0 bridgehead atoms. The van der Waals surface area contributed by atoms with Gasteiger partial charge in [0.1, 0.15) is 0 Å². The SMILES string of the molecule is C[C@@H]1CN(CC(C)(C)CCC(C)(C)N2CCN(C3CCN(CC(C)(C)C)C[C@@H]3C)CC2)CCC1N1CC2(C1)CN(C(C)(C)C)C2. The van der Waals surface area contributed by atoms with Crippen molar-refractivity contribution >= 4 is 0 Å². The van der Waals surface area contributed by atoms with Gasteiger partial charge in [-0.25, -0.2) is 0 Å². The number of likely N-dealkylation sites (tertiary alicyclic amines) is 4. The molecule has 0 aromatic heterocycles. The van der Waals surface area contributed by atoms with Gasteiger partial charge in [-0.15, -0.1) is 0 Å². The highest BCUT2D eigenvalue weighted by Gasteiger charge is 2.55. The van der Waals surface area contributed by atoms with Crippen molar-refractivity contribution in [1.29, 1.82) is 0 Å². The van der Waals surface area contributed by atoms with E-state index in [4.69, 9.17) is 0 Å². The normalized spacial score (nSPS) is 32.5. The van der Waals surface area contributed by atoms with E-state index < -0.39 is 0 Å². The van der Waals surface area contributed by atoms with Crippen LogP contribution in [0.5, 0.6) is 0 Å². The van der Waals surface area contributed by atoms with Gasteiger partial charge in [-0.2, -0.15) is 0 Å². The summed E-state index contributed by atoms with van der Waals surface area (Å²) in [4.78, 5) is 16.8. The Bertz CT molecular complexity index is 955. The number of rotatable bonds is 9. The molecular formula is C39H76N6. The summed E-state index contributed by atoms with van der Waals surface area (Å²) in [6.45, 7) is 47.4. The molecular weight excluding hydrogens is 552 g/mol. The molecule has 4 atom stereocenters. The largest absolute Gasteiger partial charge is 0.302 e. The second-order valence-corrected chi connectivity index (χ2v) is 20.6. The zero-order valence-electron chi connectivity index (χ0n) is 32.2. The molecule has 5 saturated heterocycles. The lowest BCUT2D eigenvalue weighted by molar-refractivity contribution is -0.166. The highest BCUT2D eigenvalue weighted by molar-refractivity contribution is 5.10. The van der Waals surface area contributed by atoms with Gasteiger partial charge in [-0.1, -0.05) is 48.5 Å². The summed E-state index contributed by atoms with van der Waals surface area (Å²) in [7, 11) is 0. The van der Waals surface area contributed by atoms with Crippen molar-refractivity contribution in [3.63, 3.8) is 0 Å². The number of piperidine rings is 2. The first-order chi connectivity index (χ1) is 20.7. The minimum absolute atomic E-state index is 0.281. The van der Waals surface area contributed by atoms with Crippen LogP contribution < -0.4 is 0 Å². The van der Waals surface area contributed by atoms with Crippen LogP contribution >= 0.6 is 0 Å². The van der Waals surface area contributed by atoms with Crippen LogP contribution in [-0.2, 0) is 0 Å². The third-order valence-electron chi connectivity index (χ3n) is 12.8. The van der Waals surface area contributed by atoms with E-state index in [-0.39, 0.29) is 5.54 Å². The molecule has 0 amide bonds. The van der Waals surface area contributed by atoms with Gasteiger partial charge >= 0.3 is 0 Å². The fourth-order valence-electron chi connectivity index (χ4n) is 10.1. The van der Waals surface area contributed by atoms with Crippen LogP contribution in [0.2, 0.25) is 0 Å². The van der Waals surface area contributed by atoms with Crippen molar-refractivity contribution in [3.05, 3.63) is 0 Å². The van der Waals surface area contributed by atoms with E-state index in [9.17, 15) is 0 Å². The molecule has 5 aliphatic heterocycles. The summed E-state index contributed by atoms with van der Waals surface area (Å²) in [5, 5.41) is 0. The van der Waals surface area contributed by atoms with Crippen molar-refractivity contribution in [2.45, 2.75) is 132 Å². The molecule has 6 nitrogen and oxygen atoms in total. The quantitative estimate of drug-likeness (QED) is 0.307. The third kappa shape index (κ3) is 8.87. The Balaban J connectivity index is 1.01. The van der Waals surface area contributed by atoms with Crippen LogP contribution in [0.1, 0.15) is 109 Å². The first-order valence-corrected chi connectivity index (χ1v) is 19.2. The lowest BCUT2D eigenvalue weighted by Crippen LogP contribution is -2.76. The molecule has 5 fully saturated rings. The fourth-order valence-corrected chi connectivity index (χ4v) is 10.1. The van der Waals surface area contributed by atoms with Crippen molar-refractivity contribution in [1.82, 2.24) is 29.4 Å². The summed E-state index contributed by atoms with van der Waals surface area (Å²) in [5.74, 6) is 1.56. The Morgan fingerprint density at radius 1 is 0.556 bits per heavy atom. The van der Waals surface area contributed by atoms with Gasteiger partial charge in [0.15, 0.2) is 0 Å². The van der Waals surface area contributed by atoms with Crippen molar-refractivity contribution in [2.24, 2.45) is 28.1 Å². The topological polar surface area (TPSA) is 19.4 Å². The maximum absolute atomic E-state index is 2.85. The molecule has 6 heteroatoms. The van der Waals surface area contributed by atoms with Crippen LogP contribution in [0.3, 0.4) is 0 Å². The van der Waals surface area contributed by atoms with Crippen LogP contribution in [0.15, 0.2) is 0 Å². The fraction of sp³-hybridized carbons (Fsp3) is 1.00. The van der Waals surface area contributed by atoms with E-state index in [1.807, 2.05) is 0 Å². The Hall–Kier alpha value is -0.240. The summed E-state index contributed by atoms with van der Waals surface area (Å²) in [6, 6.07) is 1.58. The van der Waals surface area contributed by atoms with Gasteiger partial charge in [0.05, 0.1) is 0 Å². The lowest BCUT2D eigenvalue weighted by Gasteiger charge is -2.66. The first-order valence-electron chi connectivity index (χ1n) is 19.2. The van der Waals surface area contributed by atoms with E-state index in [0.717, 1.165) is 23.9 Å². The van der Waals surface area contributed by atoms with E-state index in [0.29, 0.717) is 21.8 Å². The average molecular weight is 629 g/mol. The third-order valence-corrected chi connectivity index (χ3v) is 12.8. The molecule has 262 valence electrons. The van der Waals surface area contributed by atoms with Gasteiger partial charge in [-0.05, 0) is 96.1 Å². The summed E-state index contributed by atoms with van der Waals surface area (Å²) < 4.78 is 0. The molecule has 5 aliphatic rings. The van der Waals surface area contributed by atoms with E-state index in [1.54, 1.807) is 0 Å². The van der Waals surface area contributed by atoms with Crippen molar-refractivity contribution in [3.8, 4) is 0 Å². The van der Waals surface area contributed by atoms with Crippen LogP contribution in [0.25, 0.3) is 0 Å². The summed E-state index contributed by atoms with van der Waals surface area (Å²) >= 11 is 0.